The van der Waals surface area contributed by atoms with Crippen LogP contribution >= 0.6 is 0 Å². The summed E-state index contributed by atoms with van der Waals surface area (Å²) in [7, 11) is 0. The number of carbonyl (C=O) groups excluding carboxylic acids is 1. The number of fused-ring (bicyclic) bond motifs is 1. The highest BCUT2D eigenvalue weighted by Gasteiger charge is 2.29. The molecule has 1 aliphatic heterocycles. The van der Waals surface area contributed by atoms with Crippen molar-refractivity contribution >= 4 is 17.3 Å². The van der Waals surface area contributed by atoms with E-state index in [2.05, 4.69) is 20.5 Å². The van der Waals surface area contributed by atoms with Gasteiger partial charge in [-0.15, -0.1) is 0 Å². The first-order valence-electron chi connectivity index (χ1n) is 7.16. The van der Waals surface area contributed by atoms with E-state index in [-0.39, 0.29) is 22.7 Å². The lowest BCUT2D eigenvalue weighted by molar-refractivity contribution is -0.0493. The maximum absolute atomic E-state index is 12.5. The van der Waals surface area contributed by atoms with Crippen LogP contribution in [0, 0.1) is 13.8 Å². The summed E-state index contributed by atoms with van der Waals surface area (Å²) in [4.78, 5) is 12.5. The van der Waals surface area contributed by atoms with E-state index in [1.807, 2.05) is 0 Å². The summed E-state index contributed by atoms with van der Waals surface area (Å²) in [6, 6.07) is 2.66. The molecule has 1 unspecified atom stereocenters. The standard InChI is InChI=1S/C15H15F2N3O4/c1-6-11(7(2)24-20-6)19-14(21)9-4-5-10(23-15(16)17)12-13(9)22-8(3)18-12/h4-5,8,15,18H,1-3H3,(H,19,21). The fourth-order valence-corrected chi connectivity index (χ4v) is 2.45. The molecule has 3 rings (SSSR count). The number of halogens is 2. The number of aryl methyl sites for hydroxylation is 2. The molecule has 9 heteroatoms. The van der Waals surface area contributed by atoms with Crippen molar-refractivity contribution in [2.24, 2.45) is 0 Å². The SMILES string of the molecule is Cc1noc(C)c1NC(=O)c1ccc(OC(F)F)c2c1OC(C)N2. The highest BCUT2D eigenvalue weighted by molar-refractivity contribution is 6.08. The van der Waals surface area contributed by atoms with Crippen molar-refractivity contribution in [3.05, 3.63) is 29.2 Å². The van der Waals surface area contributed by atoms with Crippen LogP contribution in [0.5, 0.6) is 11.5 Å². The lowest BCUT2D eigenvalue weighted by Crippen LogP contribution is -2.16. The zero-order valence-corrected chi connectivity index (χ0v) is 13.1. The van der Waals surface area contributed by atoms with Gasteiger partial charge in [0, 0.05) is 0 Å². The zero-order chi connectivity index (χ0) is 17.4. The van der Waals surface area contributed by atoms with Gasteiger partial charge in [-0.2, -0.15) is 8.78 Å². The minimum absolute atomic E-state index is 0.0850. The Kier molecular flexibility index (Phi) is 4.00. The maximum Gasteiger partial charge on any atom is 0.387 e. The number of alkyl halides is 2. The van der Waals surface area contributed by atoms with Crippen LogP contribution in [0.25, 0.3) is 0 Å². The van der Waals surface area contributed by atoms with Crippen molar-refractivity contribution in [2.45, 2.75) is 33.6 Å². The van der Waals surface area contributed by atoms with Gasteiger partial charge in [0.15, 0.2) is 23.5 Å². The summed E-state index contributed by atoms with van der Waals surface area (Å²) in [6.07, 6.45) is -0.479. The van der Waals surface area contributed by atoms with E-state index < -0.39 is 18.7 Å². The Morgan fingerprint density at radius 2 is 2.17 bits per heavy atom. The van der Waals surface area contributed by atoms with Crippen LogP contribution < -0.4 is 20.1 Å². The molecule has 1 atom stereocenters. The van der Waals surface area contributed by atoms with E-state index in [1.54, 1.807) is 20.8 Å². The predicted octanol–water partition coefficient (Wildman–Crippen LogP) is 3.30. The average molecular weight is 339 g/mol. The summed E-state index contributed by atoms with van der Waals surface area (Å²) in [5.74, 6) is 0.0610. The predicted molar refractivity (Wildman–Crippen MR) is 80.7 cm³/mol. The first-order valence-corrected chi connectivity index (χ1v) is 7.16. The van der Waals surface area contributed by atoms with Gasteiger partial charge in [0.05, 0.1) is 5.56 Å². The Morgan fingerprint density at radius 3 is 2.79 bits per heavy atom. The molecule has 128 valence electrons. The number of hydrogen-bond donors (Lipinski definition) is 2. The number of benzene rings is 1. The molecule has 2 N–H and O–H groups in total. The Hall–Kier alpha value is -2.84. The Labute approximate surface area is 135 Å². The number of nitrogens with one attached hydrogen (secondary N) is 2. The summed E-state index contributed by atoms with van der Waals surface area (Å²) in [6.45, 7) is 2.06. The second kappa shape index (κ2) is 5.99. The number of amides is 1. The monoisotopic (exact) mass is 339 g/mol. The molecule has 2 aromatic rings. The second-order valence-electron chi connectivity index (χ2n) is 5.25. The van der Waals surface area contributed by atoms with Crippen molar-refractivity contribution in [1.29, 1.82) is 0 Å². The molecule has 7 nitrogen and oxygen atoms in total. The Bertz CT molecular complexity index is 772. The molecule has 0 radical (unpaired) electrons. The van der Waals surface area contributed by atoms with Crippen molar-refractivity contribution in [2.75, 3.05) is 10.6 Å². The van der Waals surface area contributed by atoms with Gasteiger partial charge in [-0.3, -0.25) is 4.79 Å². The van der Waals surface area contributed by atoms with Crippen molar-refractivity contribution in [1.82, 2.24) is 5.16 Å². The fraction of sp³-hybridized carbons (Fsp3) is 0.333. The van der Waals surface area contributed by atoms with Crippen LogP contribution in [-0.2, 0) is 0 Å². The van der Waals surface area contributed by atoms with Gasteiger partial charge in [-0.05, 0) is 32.9 Å². The topological polar surface area (TPSA) is 85.6 Å². The van der Waals surface area contributed by atoms with Crippen LogP contribution in [-0.4, -0.2) is 23.9 Å². The van der Waals surface area contributed by atoms with Gasteiger partial charge in [0.2, 0.25) is 0 Å². The molecule has 1 aliphatic rings. The van der Waals surface area contributed by atoms with E-state index in [4.69, 9.17) is 9.26 Å². The smallest absolute Gasteiger partial charge is 0.387 e. The van der Waals surface area contributed by atoms with E-state index in [1.165, 1.54) is 12.1 Å². The van der Waals surface area contributed by atoms with Gasteiger partial charge in [-0.25, -0.2) is 0 Å². The molecule has 1 aromatic heterocycles. The average Bonchev–Trinajstić information content (AvgIpc) is 3.04. The van der Waals surface area contributed by atoms with Crippen LogP contribution in [0.3, 0.4) is 0 Å². The summed E-state index contributed by atoms with van der Waals surface area (Å²) in [5.41, 5.74) is 1.39. The van der Waals surface area contributed by atoms with Gasteiger partial charge >= 0.3 is 6.61 Å². The third kappa shape index (κ3) is 2.84. The summed E-state index contributed by atoms with van der Waals surface area (Å²) >= 11 is 0. The number of ether oxygens (including phenoxy) is 2. The van der Waals surface area contributed by atoms with Crippen LogP contribution in [0.1, 0.15) is 28.7 Å². The number of carbonyl (C=O) groups is 1. The molecule has 24 heavy (non-hydrogen) atoms. The second-order valence-corrected chi connectivity index (χ2v) is 5.25. The minimum Gasteiger partial charge on any atom is -0.468 e. The van der Waals surface area contributed by atoms with Gasteiger partial charge < -0.3 is 24.6 Å². The van der Waals surface area contributed by atoms with E-state index in [9.17, 15) is 13.6 Å². The van der Waals surface area contributed by atoms with Crippen molar-refractivity contribution in [3.8, 4) is 11.5 Å². The Morgan fingerprint density at radius 1 is 1.42 bits per heavy atom. The van der Waals surface area contributed by atoms with Gasteiger partial charge in [0.1, 0.15) is 17.1 Å². The number of aromatic nitrogens is 1. The molecule has 0 fully saturated rings. The third-order valence-corrected chi connectivity index (χ3v) is 3.49. The molecular weight excluding hydrogens is 324 g/mol. The normalized spacial score (nSPS) is 15.7. The molecule has 0 saturated carbocycles. The van der Waals surface area contributed by atoms with Crippen molar-refractivity contribution < 1.29 is 27.6 Å². The molecule has 0 aliphatic carbocycles. The first-order chi connectivity index (χ1) is 11.4. The fourth-order valence-electron chi connectivity index (χ4n) is 2.45. The first kappa shape index (κ1) is 16.0. The van der Waals surface area contributed by atoms with E-state index in [0.29, 0.717) is 17.1 Å². The molecule has 0 bridgehead atoms. The summed E-state index contributed by atoms with van der Waals surface area (Å²) in [5, 5.41) is 9.30. The van der Waals surface area contributed by atoms with Crippen molar-refractivity contribution in [3.63, 3.8) is 0 Å². The van der Waals surface area contributed by atoms with Crippen LogP contribution in [0.4, 0.5) is 20.2 Å². The maximum atomic E-state index is 12.5. The molecule has 1 aromatic carbocycles. The third-order valence-electron chi connectivity index (χ3n) is 3.49. The van der Waals surface area contributed by atoms with Gasteiger partial charge in [-0.1, -0.05) is 5.16 Å². The number of rotatable bonds is 4. The van der Waals surface area contributed by atoms with Crippen LogP contribution in [0.15, 0.2) is 16.7 Å². The summed E-state index contributed by atoms with van der Waals surface area (Å²) < 4.78 is 40.0. The lowest BCUT2D eigenvalue weighted by Gasteiger charge is -2.11. The highest BCUT2D eigenvalue weighted by atomic mass is 19.3. The quantitative estimate of drug-likeness (QED) is 0.889. The minimum atomic E-state index is -2.98. The van der Waals surface area contributed by atoms with Gasteiger partial charge in [0.25, 0.3) is 5.91 Å². The highest BCUT2D eigenvalue weighted by Crippen LogP contribution is 2.43. The Balaban J connectivity index is 1.94. The molecule has 1 amide bonds. The molecular formula is C15H15F2N3O4. The zero-order valence-electron chi connectivity index (χ0n) is 13.1. The van der Waals surface area contributed by atoms with E-state index in [0.717, 1.165) is 0 Å². The number of anilines is 2. The largest absolute Gasteiger partial charge is 0.468 e. The lowest BCUT2D eigenvalue weighted by atomic mass is 10.1. The van der Waals surface area contributed by atoms with E-state index >= 15 is 0 Å². The number of nitrogens with zero attached hydrogens (tertiary/aromatic N) is 1. The molecule has 0 spiro atoms. The van der Waals surface area contributed by atoms with Crippen LogP contribution in [0.2, 0.25) is 0 Å². The molecule has 2 heterocycles. The molecule has 0 saturated heterocycles. The number of hydrogen-bond acceptors (Lipinski definition) is 6.